The minimum atomic E-state index is -0.536. The normalized spacial score (nSPS) is 9.23. The fourth-order valence-electron chi connectivity index (χ4n) is 0.884. The number of nitro groups is 1. The molecule has 0 aromatic heterocycles. The van der Waals surface area contributed by atoms with Crippen molar-refractivity contribution < 1.29 is 4.92 Å². The molecular formula is C7H8N4O2. The van der Waals surface area contributed by atoms with Gasteiger partial charge in [-0.05, 0) is 6.07 Å². The van der Waals surface area contributed by atoms with Crippen LogP contribution in [-0.2, 0) is 0 Å². The highest BCUT2D eigenvalue weighted by Crippen LogP contribution is 2.22. The van der Waals surface area contributed by atoms with E-state index in [0.717, 1.165) is 0 Å². The number of guanidine groups is 1. The Morgan fingerprint density at radius 2 is 2.15 bits per heavy atom. The fraction of sp³-hybridized carbons (Fsp3) is 0. The van der Waals surface area contributed by atoms with Crippen molar-refractivity contribution in [3.8, 4) is 0 Å². The third-order valence-corrected chi connectivity index (χ3v) is 1.37. The third kappa shape index (κ3) is 2.16. The van der Waals surface area contributed by atoms with E-state index in [1.165, 1.54) is 12.1 Å². The third-order valence-electron chi connectivity index (χ3n) is 1.37. The van der Waals surface area contributed by atoms with E-state index in [4.69, 9.17) is 11.1 Å². The largest absolute Gasteiger partial charge is 0.370 e. The van der Waals surface area contributed by atoms with E-state index in [1.54, 1.807) is 12.1 Å². The molecule has 6 nitrogen and oxygen atoms in total. The first-order valence-electron chi connectivity index (χ1n) is 3.45. The van der Waals surface area contributed by atoms with Crippen molar-refractivity contribution in [2.75, 3.05) is 5.32 Å². The van der Waals surface area contributed by atoms with Gasteiger partial charge in [-0.2, -0.15) is 0 Å². The summed E-state index contributed by atoms with van der Waals surface area (Å²) in [5, 5.41) is 19.7. The Labute approximate surface area is 74.0 Å². The van der Waals surface area contributed by atoms with Crippen LogP contribution in [0.4, 0.5) is 11.4 Å². The van der Waals surface area contributed by atoms with Crippen LogP contribution in [0.5, 0.6) is 0 Å². The van der Waals surface area contributed by atoms with Gasteiger partial charge < -0.3 is 11.1 Å². The van der Waals surface area contributed by atoms with Gasteiger partial charge in [0.15, 0.2) is 5.96 Å². The molecule has 1 rings (SSSR count). The van der Waals surface area contributed by atoms with E-state index >= 15 is 0 Å². The highest BCUT2D eigenvalue weighted by Gasteiger charge is 2.11. The SMILES string of the molecule is N=C(N)Nc1ccccc1[N+](=O)[O-]. The molecule has 0 aliphatic rings. The molecule has 0 aliphatic carbocycles. The summed E-state index contributed by atoms with van der Waals surface area (Å²) in [6.07, 6.45) is 0. The fourth-order valence-corrected chi connectivity index (χ4v) is 0.884. The van der Waals surface area contributed by atoms with Crippen LogP contribution in [0.15, 0.2) is 24.3 Å². The van der Waals surface area contributed by atoms with Crippen LogP contribution in [-0.4, -0.2) is 10.9 Å². The molecule has 13 heavy (non-hydrogen) atoms. The van der Waals surface area contributed by atoms with Crippen LogP contribution in [0.1, 0.15) is 0 Å². The smallest absolute Gasteiger partial charge is 0.292 e. The number of benzene rings is 1. The van der Waals surface area contributed by atoms with Crippen molar-refractivity contribution in [2.24, 2.45) is 5.73 Å². The Morgan fingerprint density at radius 3 is 2.69 bits per heavy atom. The number of hydrogen-bond donors (Lipinski definition) is 3. The number of para-hydroxylation sites is 2. The van der Waals surface area contributed by atoms with Crippen molar-refractivity contribution in [3.05, 3.63) is 34.4 Å². The van der Waals surface area contributed by atoms with Gasteiger partial charge in [0.2, 0.25) is 0 Å². The number of hydrogen-bond acceptors (Lipinski definition) is 3. The number of nitro benzene ring substituents is 1. The van der Waals surface area contributed by atoms with Gasteiger partial charge in [-0.25, -0.2) is 0 Å². The lowest BCUT2D eigenvalue weighted by atomic mass is 10.3. The summed E-state index contributed by atoms with van der Waals surface area (Å²) in [6.45, 7) is 0. The summed E-state index contributed by atoms with van der Waals surface area (Å²) in [5.74, 6) is -0.325. The first-order chi connectivity index (χ1) is 6.11. The number of nitrogens with two attached hydrogens (primary N) is 1. The molecule has 0 heterocycles. The summed E-state index contributed by atoms with van der Waals surface area (Å²) >= 11 is 0. The lowest BCUT2D eigenvalue weighted by Crippen LogP contribution is -2.20. The van der Waals surface area contributed by atoms with Gasteiger partial charge in [0, 0.05) is 6.07 Å². The minimum absolute atomic E-state index is 0.0994. The summed E-state index contributed by atoms with van der Waals surface area (Å²) in [4.78, 5) is 9.92. The quantitative estimate of drug-likeness (QED) is 0.272. The molecule has 0 aliphatic heterocycles. The molecule has 0 amide bonds. The van der Waals surface area contributed by atoms with Crippen LogP contribution >= 0.6 is 0 Å². The predicted octanol–water partition coefficient (Wildman–Crippen LogP) is 0.900. The van der Waals surface area contributed by atoms with E-state index in [9.17, 15) is 10.1 Å². The zero-order valence-corrected chi connectivity index (χ0v) is 6.65. The van der Waals surface area contributed by atoms with E-state index in [1.807, 2.05) is 0 Å². The lowest BCUT2D eigenvalue weighted by molar-refractivity contribution is -0.383. The molecule has 0 unspecified atom stereocenters. The van der Waals surface area contributed by atoms with Crippen molar-refractivity contribution in [3.63, 3.8) is 0 Å². The molecule has 0 spiro atoms. The second-order valence-electron chi connectivity index (χ2n) is 2.31. The maximum Gasteiger partial charge on any atom is 0.292 e. The van der Waals surface area contributed by atoms with Crippen LogP contribution in [0.2, 0.25) is 0 Å². The van der Waals surface area contributed by atoms with Crippen LogP contribution in [0, 0.1) is 15.5 Å². The van der Waals surface area contributed by atoms with Crippen molar-refractivity contribution in [2.45, 2.75) is 0 Å². The first-order valence-corrected chi connectivity index (χ1v) is 3.45. The summed E-state index contributed by atoms with van der Waals surface area (Å²) in [7, 11) is 0. The van der Waals surface area contributed by atoms with Crippen LogP contribution in [0.3, 0.4) is 0 Å². The van der Waals surface area contributed by atoms with Crippen LogP contribution in [0.25, 0.3) is 0 Å². The predicted molar refractivity (Wildman–Crippen MR) is 48.6 cm³/mol. The van der Waals surface area contributed by atoms with E-state index in [2.05, 4.69) is 5.32 Å². The molecule has 6 heteroatoms. The maximum atomic E-state index is 10.5. The highest BCUT2D eigenvalue weighted by molar-refractivity contribution is 5.92. The molecule has 0 bridgehead atoms. The number of nitrogens with one attached hydrogen (secondary N) is 2. The molecule has 1 aromatic rings. The summed E-state index contributed by atoms with van der Waals surface area (Å²) in [6, 6.07) is 5.99. The van der Waals surface area contributed by atoms with Gasteiger partial charge in [-0.3, -0.25) is 15.5 Å². The van der Waals surface area contributed by atoms with Gasteiger partial charge in [-0.1, -0.05) is 12.1 Å². The monoisotopic (exact) mass is 180 g/mol. The second-order valence-corrected chi connectivity index (χ2v) is 2.31. The molecule has 4 N–H and O–H groups in total. The Morgan fingerprint density at radius 1 is 1.54 bits per heavy atom. The minimum Gasteiger partial charge on any atom is -0.370 e. The van der Waals surface area contributed by atoms with Crippen LogP contribution < -0.4 is 11.1 Å². The number of rotatable bonds is 2. The van der Waals surface area contributed by atoms with E-state index in [-0.39, 0.29) is 17.3 Å². The summed E-state index contributed by atoms with van der Waals surface area (Å²) in [5.41, 5.74) is 5.17. The first kappa shape index (κ1) is 8.98. The van der Waals surface area contributed by atoms with E-state index in [0.29, 0.717) is 0 Å². The highest BCUT2D eigenvalue weighted by atomic mass is 16.6. The Bertz CT molecular complexity index is 350. The van der Waals surface area contributed by atoms with Gasteiger partial charge >= 0.3 is 0 Å². The molecule has 0 atom stereocenters. The molecule has 0 radical (unpaired) electrons. The summed E-state index contributed by atoms with van der Waals surface area (Å²) < 4.78 is 0. The number of anilines is 1. The Hall–Kier alpha value is -2.11. The van der Waals surface area contributed by atoms with Crippen molar-refractivity contribution >= 4 is 17.3 Å². The molecule has 0 fully saturated rings. The van der Waals surface area contributed by atoms with Gasteiger partial charge in [0.1, 0.15) is 5.69 Å². The standard InChI is InChI=1S/C7H8N4O2/c8-7(9)10-5-3-1-2-4-6(5)11(12)13/h1-4H,(H4,8,9,10). The average molecular weight is 180 g/mol. The Balaban J connectivity index is 3.04. The van der Waals surface area contributed by atoms with Crippen molar-refractivity contribution in [1.29, 1.82) is 5.41 Å². The molecule has 1 aromatic carbocycles. The Kier molecular flexibility index (Phi) is 2.44. The zero-order valence-electron chi connectivity index (χ0n) is 6.65. The lowest BCUT2D eigenvalue weighted by Gasteiger charge is -2.03. The molecule has 0 saturated heterocycles. The average Bonchev–Trinajstić information content (AvgIpc) is 2.03. The van der Waals surface area contributed by atoms with Gasteiger partial charge in [-0.15, -0.1) is 0 Å². The number of nitrogens with zero attached hydrogens (tertiary/aromatic N) is 1. The van der Waals surface area contributed by atoms with Crippen molar-refractivity contribution in [1.82, 2.24) is 0 Å². The van der Waals surface area contributed by atoms with Gasteiger partial charge in [0.05, 0.1) is 4.92 Å². The molecular weight excluding hydrogens is 172 g/mol. The maximum absolute atomic E-state index is 10.5. The topological polar surface area (TPSA) is 105 Å². The zero-order chi connectivity index (χ0) is 9.84. The second kappa shape index (κ2) is 3.53. The molecule has 68 valence electrons. The molecule has 0 saturated carbocycles. The van der Waals surface area contributed by atoms with E-state index < -0.39 is 4.92 Å². The van der Waals surface area contributed by atoms with Gasteiger partial charge in [0.25, 0.3) is 5.69 Å².